The van der Waals surface area contributed by atoms with Crippen LogP contribution >= 0.6 is 0 Å². The lowest BCUT2D eigenvalue weighted by Gasteiger charge is -2.11. The summed E-state index contributed by atoms with van der Waals surface area (Å²) >= 11 is 0. The first-order valence-corrected chi connectivity index (χ1v) is 19.0. The van der Waals surface area contributed by atoms with E-state index in [2.05, 4.69) is 191 Å². The van der Waals surface area contributed by atoms with Crippen molar-refractivity contribution in [3.8, 4) is 56.4 Å². The number of aromatic nitrogens is 4. The third-order valence-electron chi connectivity index (χ3n) is 10.9. The highest BCUT2D eigenvalue weighted by atomic mass is 15.0. The van der Waals surface area contributed by atoms with Gasteiger partial charge in [0, 0.05) is 49.6 Å². The minimum Gasteiger partial charge on any atom is -0.309 e. The molecule has 56 heavy (non-hydrogen) atoms. The highest BCUT2D eigenvalue weighted by Crippen LogP contribution is 2.42. The average molecular weight is 715 g/mol. The molecule has 0 unspecified atom stereocenters. The maximum Gasteiger partial charge on any atom is 0.160 e. The van der Waals surface area contributed by atoms with Crippen LogP contribution in [0.2, 0.25) is 0 Å². The molecule has 8 aromatic carbocycles. The number of hydrogen-bond donors (Lipinski definition) is 0. The molecule has 0 N–H and O–H groups in total. The highest BCUT2D eigenvalue weighted by Gasteiger charge is 2.20. The fourth-order valence-electron chi connectivity index (χ4n) is 8.39. The number of hydrogen-bond acceptors (Lipinski definition) is 2. The molecule has 11 aromatic rings. The van der Waals surface area contributed by atoms with Crippen LogP contribution in [0.25, 0.3) is 100 Å². The summed E-state index contributed by atoms with van der Waals surface area (Å²) in [6, 6.07) is 73.2. The topological polar surface area (TPSA) is 35.6 Å². The molecule has 3 heterocycles. The van der Waals surface area contributed by atoms with E-state index in [1.807, 2.05) is 24.3 Å². The van der Waals surface area contributed by atoms with E-state index in [4.69, 9.17) is 9.97 Å². The van der Waals surface area contributed by atoms with Gasteiger partial charge in [0.05, 0.1) is 33.5 Å². The van der Waals surface area contributed by atoms with E-state index < -0.39 is 0 Å². The summed E-state index contributed by atoms with van der Waals surface area (Å²) in [5.41, 5.74) is 14.2. The number of para-hydroxylation sites is 3. The van der Waals surface area contributed by atoms with Gasteiger partial charge in [0.15, 0.2) is 5.82 Å². The number of rotatable bonds is 6. The van der Waals surface area contributed by atoms with Gasteiger partial charge in [-0.1, -0.05) is 146 Å². The lowest BCUT2D eigenvalue weighted by molar-refractivity contribution is 1.17. The number of fused-ring (bicyclic) bond motifs is 6. The Morgan fingerprint density at radius 2 is 0.857 bits per heavy atom. The molecule has 0 bridgehead atoms. The van der Waals surface area contributed by atoms with Crippen molar-refractivity contribution in [2.24, 2.45) is 0 Å². The number of benzene rings is 8. The Labute approximate surface area is 324 Å². The molecule has 0 aliphatic rings. The van der Waals surface area contributed by atoms with Gasteiger partial charge in [0.2, 0.25) is 0 Å². The maximum absolute atomic E-state index is 5.18. The zero-order valence-corrected chi connectivity index (χ0v) is 30.4. The summed E-state index contributed by atoms with van der Waals surface area (Å²) in [7, 11) is 0. The van der Waals surface area contributed by atoms with Crippen molar-refractivity contribution >= 4 is 43.6 Å². The Morgan fingerprint density at radius 3 is 1.57 bits per heavy atom. The van der Waals surface area contributed by atoms with Crippen LogP contribution in [0.1, 0.15) is 0 Å². The first kappa shape index (κ1) is 31.9. The molecule has 0 amide bonds. The molecule has 0 spiro atoms. The molecule has 11 rings (SSSR count). The highest BCUT2D eigenvalue weighted by molar-refractivity contribution is 6.18. The predicted octanol–water partition coefficient (Wildman–Crippen LogP) is 13.3. The van der Waals surface area contributed by atoms with Crippen molar-refractivity contribution in [2.75, 3.05) is 0 Å². The lowest BCUT2D eigenvalue weighted by atomic mass is 9.97. The molecule has 0 radical (unpaired) electrons. The van der Waals surface area contributed by atoms with E-state index in [1.54, 1.807) is 0 Å². The van der Waals surface area contributed by atoms with Crippen molar-refractivity contribution in [1.29, 1.82) is 0 Å². The second kappa shape index (κ2) is 13.1. The van der Waals surface area contributed by atoms with Crippen molar-refractivity contribution < 1.29 is 0 Å². The van der Waals surface area contributed by atoms with Crippen molar-refractivity contribution in [1.82, 2.24) is 19.1 Å². The van der Waals surface area contributed by atoms with Crippen molar-refractivity contribution in [2.45, 2.75) is 0 Å². The first-order valence-electron chi connectivity index (χ1n) is 19.0. The summed E-state index contributed by atoms with van der Waals surface area (Å²) in [5, 5.41) is 4.89. The summed E-state index contributed by atoms with van der Waals surface area (Å²) in [6.45, 7) is 0. The lowest BCUT2D eigenvalue weighted by Crippen LogP contribution is -1.96. The Kier molecular flexibility index (Phi) is 7.46. The quantitative estimate of drug-likeness (QED) is 0.172. The van der Waals surface area contributed by atoms with Gasteiger partial charge in [-0.05, 0) is 71.8 Å². The fourth-order valence-corrected chi connectivity index (χ4v) is 8.39. The van der Waals surface area contributed by atoms with Crippen LogP contribution in [-0.4, -0.2) is 19.1 Å². The average Bonchev–Trinajstić information content (AvgIpc) is 3.80. The SMILES string of the molecule is c1ccc(-c2cc(-c3ccc4c5c(-c6ccc7c(c6)c6ccccc6n7-c6ccccc6)cccc5n(-c5ccccc5)c4c3)nc(-c3ccccc3)n2)cc1. The Balaban J connectivity index is 1.14. The van der Waals surface area contributed by atoms with E-state index >= 15 is 0 Å². The molecular formula is C52H34N4. The van der Waals surface area contributed by atoms with E-state index in [0.717, 1.165) is 50.5 Å². The summed E-state index contributed by atoms with van der Waals surface area (Å²) in [6.07, 6.45) is 0. The molecule has 4 heteroatoms. The molecule has 262 valence electrons. The first-order chi connectivity index (χ1) is 27.8. The Hall–Kier alpha value is -7.56. The minimum atomic E-state index is 0.706. The zero-order chi connectivity index (χ0) is 37.0. The molecule has 0 aliphatic heterocycles. The second-order valence-electron chi connectivity index (χ2n) is 14.2. The summed E-state index contributed by atoms with van der Waals surface area (Å²) in [5.74, 6) is 0.706. The fraction of sp³-hybridized carbons (Fsp3) is 0. The van der Waals surface area contributed by atoms with Gasteiger partial charge in [-0.25, -0.2) is 9.97 Å². The van der Waals surface area contributed by atoms with Crippen molar-refractivity contribution in [3.63, 3.8) is 0 Å². The summed E-state index contributed by atoms with van der Waals surface area (Å²) in [4.78, 5) is 10.2. The van der Waals surface area contributed by atoms with Crippen molar-refractivity contribution in [3.05, 3.63) is 206 Å². The van der Waals surface area contributed by atoms with Gasteiger partial charge in [-0.3, -0.25) is 0 Å². The Morgan fingerprint density at radius 1 is 0.304 bits per heavy atom. The van der Waals surface area contributed by atoms with Gasteiger partial charge < -0.3 is 9.13 Å². The van der Waals surface area contributed by atoms with E-state index in [-0.39, 0.29) is 0 Å². The van der Waals surface area contributed by atoms with Crippen LogP contribution < -0.4 is 0 Å². The predicted molar refractivity (Wildman–Crippen MR) is 232 cm³/mol. The van der Waals surface area contributed by atoms with Crippen LogP contribution in [0.5, 0.6) is 0 Å². The smallest absolute Gasteiger partial charge is 0.160 e. The van der Waals surface area contributed by atoms with Gasteiger partial charge in [-0.2, -0.15) is 0 Å². The molecule has 0 saturated carbocycles. The second-order valence-corrected chi connectivity index (χ2v) is 14.2. The van der Waals surface area contributed by atoms with E-state index in [9.17, 15) is 0 Å². The van der Waals surface area contributed by atoms with Gasteiger partial charge in [0.1, 0.15) is 0 Å². The third-order valence-corrected chi connectivity index (χ3v) is 10.9. The zero-order valence-electron chi connectivity index (χ0n) is 30.4. The van der Waals surface area contributed by atoms with Crippen LogP contribution in [0.15, 0.2) is 206 Å². The van der Waals surface area contributed by atoms with Crippen LogP contribution in [0.3, 0.4) is 0 Å². The Bertz CT molecular complexity index is 3160. The normalized spacial score (nSPS) is 11.6. The molecule has 0 atom stereocenters. The van der Waals surface area contributed by atoms with E-state index in [0.29, 0.717) is 5.82 Å². The summed E-state index contributed by atoms with van der Waals surface area (Å²) < 4.78 is 4.77. The third kappa shape index (κ3) is 5.23. The van der Waals surface area contributed by atoms with Gasteiger partial charge >= 0.3 is 0 Å². The largest absolute Gasteiger partial charge is 0.309 e. The molecule has 0 fully saturated rings. The molecule has 4 nitrogen and oxygen atoms in total. The minimum absolute atomic E-state index is 0.706. The molecule has 0 aliphatic carbocycles. The molecule has 3 aromatic heterocycles. The van der Waals surface area contributed by atoms with Crippen LogP contribution in [0.4, 0.5) is 0 Å². The van der Waals surface area contributed by atoms with Gasteiger partial charge in [0.25, 0.3) is 0 Å². The van der Waals surface area contributed by atoms with E-state index in [1.165, 1.54) is 43.7 Å². The maximum atomic E-state index is 5.18. The van der Waals surface area contributed by atoms with Gasteiger partial charge in [-0.15, -0.1) is 0 Å². The molecular weight excluding hydrogens is 681 g/mol. The van der Waals surface area contributed by atoms with Crippen LogP contribution in [-0.2, 0) is 0 Å². The van der Waals surface area contributed by atoms with Crippen LogP contribution in [0, 0.1) is 0 Å². The molecule has 0 saturated heterocycles. The number of nitrogens with zero attached hydrogens (tertiary/aromatic N) is 4. The monoisotopic (exact) mass is 714 g/mol. The standard InChI is InChI=1S/C52H34N4/c1-5-16-35(17-6-1)45-34-46(54-52(53-45)36-18-7-2-8-19-36)38-28-30-43-50(33-38)56(40-22-11-4-12-23-40)49-27-15-25-41(51(43)49)37-29-31-48-44(32-37)42-24-13-14-26-47(42)55(48)39-20-9-3-10-21-39/h1-34H.